The first kappa shape index (κ1) is 29.8. The van der Waals surface area contributed by atoms with E-state index < -0.39 is 29.6 Å². The summed E-state index contributed by atoms with van der Waals surface area (Å²) in [5.41, 5.74) is 0.123. The monoisotopic (exact) mass is 541 g/mol. The fourth-order valence-electron chi connectivity index (χ4n) is 3.76. The van der Waals surface area contributed by atoms with Crippen molar-refractivity contribution in [2.75, 3.05) is 23.9 Å². The van der Waals surface area contributed by atoms with Gasteiger partial charge in [-0.1, -0.05) is 38.3 Å². The number of ether oxygens (including phenoxy) is 2. The Balaban J connectivity index is 2.43. The van der Waals surface area contributed by atoms with Crippen molar-refractivity contribution in [2.24, 2.45) is 0 Å². The molecule has 10 heteroatoms. The molecule has 7 nitrogen and oxygen atoms in total. The van der Waals surface area contributed by atoms with E-state index in [1.165, 1.54) is 6.07 Å². The Morgan fingerprint density at radius 1 is 1.03 bits per heavy atom. The Morgan fingerprint density at radius 3 is 2.36 bits per heavy atom. The number of carbonyl (C=O) groups excluding carboxylic acids is 4. The van der Waals surface area contributed by atoms with Gasteiger partial charge in [0, 0.05) is 22.5 Å². The molecule has 0 fully saturated rings. The number of nitrogens with zero attached hydrogens (tertiary/aromatic N) is 1. The lowest BCUT2D eigenvalue weighted by Crippen LogP contribution is -2.39. The second-order valence-corrected chi connectivity index (χ2v) is 9.65. The van der Waals surface area contributed by atoms with Crippen molar-refractivity contribution >= 4 is 52.8 Å². The van der Waals surface area contributed by atoms with Crippen molar-refractivity contribution in [1.82, 2.24) is 0 Å². The summed E-state index contributed by atoms with van der Waals surface area (Å²) in [7, 11) is 0. The number of anilines is 1. The molecule has 0 atom stereocenters. The first-order valence-electron chi connectivity index (χ1n) is 12.3. The van der Waals surface area contributed by atoms with Crippen LogP contribution in [0.5, 0.6) is 0 Å². The Labute approximate surface area is 220 Å². The Morgan fingerprint density at radius 2 is 1.72 bits per heavy atom. The number of imide groups is 1. The van der Waals surface area contributed by atoms with Gasteiger partial charge in [0.1, 0.15) is 5.82 Å². The van der Waals surface area contributed by atoms with Crippen LogP contribution in [-0.2, 0) is 28.7 Å². The predicted octanol–water partition coefficient (Wildman–Crippen LogP) is 6.01. The van der Waals surface area contributed by atoms with Crippen LogP contribution in [0, 0.1) is 5.82 Å². The van der Waals surface area contributed by atoms with Crippen LogP contribution in [0.3, 0.4) is 0 Å². The lowest BCUT2D eigenvalue weighted by atomic mass is 9.90. The van der Waals surface area contributed by atoms with Gasteiger partial charge in [0.05, 0.1) is 29.7 Å². The molecule has 1 aromatic rings. The molecular formula is C26H33ClFNO6S. The van der Waals surface area contributed by atoms with Crippen LogP contribution in [-0.4, -0.2) is 42.7 Å². The molecule has 36 heavy (non-hydrogen) atoms. The molecule has 0 aliphatic heterocycles. The van der Waals surface area contributed by atoms with E-state index in [1.54, 1.807) is 13.8 Å². The largest absolute Gasteiger partial charge is 0.465 e. The van der Waals surface area contributed by atoms with Gasteiger partial charge < -0.3 is 9.47 Å². The number of benzene rings is 1. The van der Waals surface area contributed by atoms with Crippen LogP contribution < -0.4 is 4.90 Å². The summed E-state index contributed by atoms with van der Waals surface area (Å²) < 4.78 is 25.4. The summed E-state index contributed by atoms with van der Waals surface area (Å²) in [6.45, 7) is 5.75. The SMILES string of the molecule is CCCCCOC(=O)C1=C(C(=O)N(C(=O)CC)c2cc(SCC(=O)OCC)c(Cl)cc2F)CCCC1. The van der Waals surface area contributed by atoms with E-state index in [1.807, 2.05) is 6.92 Å². The third-order valence-corrected chi connectivity index (χ3v) is 7.06. The molecule has 0 bridgehead atoms. The predicted molar refractivity (Wildman–Crippen MR) is 138 cm³/mol. The lowest BCUT2D eigenvalue weighted by Gasteiger charge is -2.26. The number of thioether (sulfide) groups is 1. The van der Waals surface area contributed by atoms with Gasteiger partial charge in [0.2, 0.25) is 5.91 Å². The molecule has 198 valence electrons. The van der Waals surface area contributed by atoms with Crippen LogP contribution in [0.25, 0.3) is 0 Å². The fraction of sp³-hybridized carbons (Fsp3) is 0.538. The summed E-state index contributed by atoms with van der Waals surface area (Å²) in [5, 5.41) is 0.0372. The Kier molecular flexibility index (Phi) is 12.4. The first-order chi connectivity index (χ1) is 17.2. The molecule has 1 aliphatic carbocycles. The van der Waals surface area contributed by atoms with Crippen LogP contribution in [0.2, 0.25) is 5.02 Å². The van der Waals surface area contributed by atoms with E-state index in [-0.39, 0.29) is 53.7 Å². The number of rotatable bonds is 12. The standard InChI is InChI=1S/C26H33ClFNO6S/c1-4-7-10-13-35-26(33)18-12-9-8-11-17(18)25(32)29(23(30)5-2)21-15-22(19(27)14-20(21)28)36-16-24(31)34-6-3/h14-15H,4-13,16H2,1-3H3. The molecule has 0 aromatic heterocycles. The minimum atomic E-state index is -0.865. The summed E-state index contributed by atoms with van der Waals surface area (Å²) >= 11 is 7.18. The van der Waals surface area contributed by atoms with E-state index >= 15 is 4.39 Å². The number of esters is 2. The molecule has 1 aliphatic rings. The number of hydrogen-bond donors (Lipinski definition) is 0. The summed E-state index contributed by atoms with van der Waals surface area (Å²) in [6, 6.07) is 2.28. The number of unbranched alkanes of at least 4 members (excludes halogenated alkanes) is 2. The maximum atomic E-state index is 15.1. The molecule has 0 spiro atoms. The highest BCUT2D eigenvalue weighted by molar-refractivity contribution is 8.00. The summed E-state index contributed by atoms with van der Waals surface area (Å²) in [5.74, 6) is -3.36. The first-order valence-corrected chi connectivity index (χ1v) is 13.6. The van der Waals surface area contributed by atoms with Gasteiger partial charge in [-0.25, -0.2) is 14.1 Å². The fourth-order valence-corrected chi connectivity index (χ4v) is 4.82. The molecule has 0 saturated carbocycles. The zero-order valence-electron chi connectivity index (χ0n) is 21.0. The van der Waals surface area contributed by atoms with Crippen molar-refractivity contribution < 1.29 is 33.0 Å². The van der Waals surface area contributed by atoms with Crippen molar-refractivity contribution in [2.45, 2.75) is 77.0 Å². The van der Waals surface area contributed by atoms with Gasteiger partial charge in [0.25, 0.3) is 5.91 Å². The average molecular weight is 542 g/mol. The van der Waals surface area contributed by atoms with E-state index in [9.17, 15) is 19.2 Å². The topological polar surface area (TPSA) is 90.0 Å². The molecule has 2 rings (SSSR count). The van der Waals surface area contributed by atoms with Gasteiger partial charge >= 0.3 is 11.9 Å². The normalized spacial score (nSPS) is 13.4. The van der Waals surface area contributed by atoms with Crippen LogP contribution in [0.4, 0.5) is 10.1 Å². The van der Waals surface area contributed by atoms with Gasteiger partial charge in [-0.05, 0) is 51.2 Å². The maximum absolute atomic E-state index is 15.1. The van der Waals surface area contributed by atoms with E-state index in [0.29, 0.717) is 24.2 Å². The van der Waals surface area contributed by atoms with Crippen molar-refractivity contribution in [3.63, 3.8) is 0 Å². The van der Waals surface area contributed by atoms with Gasteiger partial charge in [-0.3, -0.25) is 14.4 Å². The molecule has 0 N–H and O–H groups in total. The second kappa shape index (κ2) is 15.0. The summed E-state index contributed by atoms with van der Waals surface area (Å²) in [6.07, 6.45) is 4.56. The van der Waals surface area contributed by atoms with Crippen molar-refractivity contribution in [3.05, 3.63) is 34.1 Å². The van der Waals surface area contributed by atoms with E-state index in [2.05, 4.69) is 0 Å². The molecule has 1 aromatic carbocycles. The molecule has 0 heterocycles. The molecule has 0 unspecified atom stereocenters. The van der Waals surface area contributed by atoms with Crippen molar-refractivity contribution in [1.29, 1.82) is 0 Å². The van der Waals surface area contributed by atoms with E-state index in [0.717, 1.165) is 42.0 Å². The highest BCUT2D eigenvalue weighted by Gasteiger charge is 2.33. The van der Waals surface area contributed by atoms with Crippen molar-refractivity contribution in [3.8, 4) is 0 Å². The average Bonchev–Trinajstić information content (AvgIpc) is 2.87. The minimum absolute atomic E-state index is 0.0372. The highest BCUT2D eigenvalue weighted by Crippen LogP contribution is 2.36. The van der Waals surface area contributed by atoms with Gasteiger partial charge in [-0.15, -0.1) is 11.8 Å². The number of amides is 2. The number of halogens is 2. The van der Waals surface area contributed by atoms with E-state index in [4.69, 9.17) is 21.1 Å². The van der Waals surface area contributed by atoms with Crippen LogP contribution >= 0.6 is 23.4 Å². The number of carbonyl (C=O) groups is 4. The zero-order valence-corrected chi connectivity index (χ0v) is 22.6. The Hall–Kier alpha value is -2.39. The maximum Gasteiger partial charge on any atom is 0.334 e. The van der Waals surface area contributed by atoms with Crippen LogP contribution in [0.1, 0.15) is 72.1 Å². The highest BCUT2D eigenvalue weighted by atomic mass is 35.5. The quantitative estimate of drug-likeness (QED) is 0.182. The molecule has 0 saturated heterocycles. The molecule has 0 radical (unpaired) electrons. The lowest BCUT2D eigenvalue weighted by molar-refractivity contribution is -0.140. The molecular weight excluding hydrogens is 509 g/mol. The van der Waals surface area contributed by atoms with Gasteiger partial charge in [0.15, 0.2) is 0 Å². The second-order valence-electron chi connectivity index (χ2n) is 8.22. The van der Waals surface area contributed by atoms with Crippen LogP contribution in [0.15, 0.2) is 28.2 Å². The number of hydrogen-bond acceptors (Lipinski definition) is 7. The minimum Gasteiger partial charge on any atom is -0.465 e. The van der Waals surface area contributed by atoms with Gasteiger partial charge in [-0.2, -0.15) is 0 Å². The summed E-state index contributed by atoms with van der Waals surface area (Å²) in [4.78, 5) is 52.2. The third kappa shape index (κ3) is 8.06. The zero-order chi connectivity index (χ0) is 26.7. The molecule has 2 amide bonds. The third-order valence-electron chi connectivity index (χ3n) is 5.60. The smallest absolute Gasteiger partial charge is 0.334 e. The Bertz CT molecular complexity index is 1010.